The van der Waals surface area contributed by atoms with Gasteiger partial charge in [0.1, 0.15) is 4.90 Å². The number of rotatable bonds is 4. The fourth-order valence-electron chi connectivity index (χ4n) is 2.21. The van der Waals surface area contributed by atoms with Crippen LogP contribution in [0, 0.1) is 0 Å². The lowest BCUT2D eigenvalue weighted by Crippen LogP contribution is -2.35. The molecule has 0 spiro atoms. The molecule has 0 atom stereocenters. The third-order valence-electron chi connectivity index (χ3n) is 3.27. The molecule has 0 saturated carbocycles. The topological polar surface area (TPSA) is 53.5 Å². The van der Waals surface area contributed by atoms with Crippen molar-refractivity contribution in [1.82, 2.24) is 14.2 Å². The number of aromatic nitrogens is 1. The van der Waals surface area contributed by atoms with Crippen molar-refractivity contribution in [2.45, 2.75) is 11.3 Å². The van der Waals surface area contributed by atoms with Crippen LogP contribution in [0.4, 0.5) is 0 Å². The number of hydrogen-bond acceptors (Lipinski definition) is 4. The summed E-state index contributed by atoms with van der Waals surface area (Å²) >= 11 is 6.69. The largest absolute Gasteiger partial charge is 0.301 e. The highest BCUT2D eigenvalue weighted by molar-refractivity contribution is 9.10. The molecule has 0 aromatic carbocycles. The maximum Gasteiger partial charge on any atom is 0.244 e. The summed E-state index contributed by atoms with van der Waals surface area (Å²) in [4.78, 5) is 6.48. The Morgan fingerprint density at radius 2 is 2.00 bits per heavy atom. The minimum atomic E-state index is -3.44. The summed E-state index contributed by atoms with van der Waals surface area (Å²) in [5.74, 6) is 0. The van der Waals surface area contributed by atoms with Gasteiger partial charge in [-0.15, -0.1) is 0 Å². The van der Waals surface area contributed by atoms with Crippen LogP contribution in [-0.2, 0) is 10.0 Å². The van der Waals surface area contributed by atoms with Gasteiger partial charge in [0.05, 0.1) is 0 Å². The van der Waals surface area contributed by atoms with Crippen LogP contribution in [0.2, 0.25) is 0 Å². The first-order valence-corrected chi connectivity index (χ1v) is 9.78. The quantitative estimate of drug-likeness (QED) is 0.690. The first-order chi connectivity index (χ1) is 9.54. The molecular weight excluding hydrogens is 410 g/mol. The second kappa shape index (κ2) is 7.31. The van der Waals surface area contributed by atoms with E-state index in [9.17, 15) is 8.42 Å². The van der Waals surface area contributed by atoms with Gasteiger partial charge in [0.15, 0.2) is 0 Å². The van der Waals surface area contributed by atoms with Gasteiger partial charge in [-0.25, -0.2) is 8.42 Å². The Hall–Kier alpha value is -0.0200. The van der Waals surface area contributed by atoms with E-state index in [2.05, 4.69) is 41.7 Å². The standard InChI is InChI=1S/C12H17Br2N3O2S/c13-2-5-16-3-1-4-17(7-6-16)20(18,19)12-8-11(14)9-15-10-12/h8-10H,1-7H2. The molecule has 1 aliphatic heterocycles. The van der Waals surface area contributed by atoms with Crippen molar-refractivity contribution in [3.63, 3.8) is 0 Å². The molecule has 1 fully saturated rings. The molecule has 1 aromatic heterocycles. The average Bonchev–Trinajstić information content (AvgIpc) is 2.65. The van der Waals surface area contributed by atoms with Crippen LogP contribution in [0.25, 0.3) is 0 Å². The average molecular weight is 427 g/mol. The van der Waals surface area contributed by atoms with Gasteiger partial charge in [0.2, 0.25) is 10.0 Å². The Kier molecular flexibility index (Phi) is 5.97. The van der Waals surface area contributed by atoms with Gasteiger partial charge in [-0.3, -0.25) is 4.98 Å². The molecule has 0 aliphatic carbocycles. The summed E-state index contributed by atoms with van der Waals surface area (Å²) in [6, 6.07) is 1.60. The number of halogens is 2. The van der Waals surface area contributed by atoms with Crippen molar-refractivity contribution in [3.05, 3.63) is 22.9 Å². The van der Waals surface area contributed by atoms with Crippen molar-refractivity contribution >= 4 is 41.9 Å². The molecule has 0 radical (unpaired) electrons. The first-order valence-electron chi connectivity index (χ1n) is 6.43. The fourth-order valence-corrected chi connectivity index (χ4v) is 4.69. The van der Waals surface area contributed by atoms with Crippen molar-refractivity contribution in [3.8, 4) is 0 Å². The minimum absolute atomic E-state index is 0.251. The number of hydrogen-bond donors (Lipinski definition) is 0. The van der Waals surface area contributed by atoms with Gasteiger partial charge in [-0.1, -0.05) is 15.9 Å². The van der Waals surface area contributed by atoms with E-state index in [1.54, 1.807) is 16.6 Å². The summed E-state index contributed by atoms with van der Waals surface area (Å²) < 4.78 is 27.4. The van der Waals surface area contributed by atoms with Gasteiger partial charge < -0.3 is 4.90 Å². The van der Waals surface area contributed by atoms with Crippen LogP contribution in [0.15, 0.2) is 27.8 Å². The molecule has 0 N–H and O–H groups in total. The van der Waals surface area contributed by atoms with Gasteiger partial charge >= 0.3 is 0 Å². The summed E-state index contributed by atoms with van der Waals surface area (Å²) in [6.07, 6.45) is 3.84. The highest BCUT2D eigenvalue weighted by atomic mass is 79.9. The smallest absolute Gasteiger partial charge is 0.244 e. The summed E-state index contributed by atoms with van der Waals surface area (Å²) in [6.45, 7) is 3.75. The molecule has 2 heterocycles. The van der Waals surface area contributed by atoms with Crippen molar-refractivity contribution in [1.29, 1.82) is 0 Å². The van der Waals surface area contributed by atoms with Crippen LogP contribution in [0.5, 0.6) is 0 Å². The zero-order chi connectivity index (χ0) is 14.6. The minimum Gasteiger partial charge on any atom is -0.301 e. The van der Waals surface area contributed by atoms with E-state index in [-0.39, 0.29) is 4.90 Å². The number of alkyl halides is 1. The van der Waals surface area contributed by atoms with E-state index in [4.69, 9.17) is 0 Å². The Labute approximate surface area is 136 Å². The fraction of sp³-hybridized carbons (Fsp3) is 0.583. The van der Waals surface area contributed by atoms with Gasteiger partial charge in [-0.05, 0) is 35.0 Å². The van der Waals surface area contributed by atoms with Crippen molar-refractivity contribution in [2.75, 3.05) is 38.1 Å². The molecular formula is C12H17Br2N3O2S. The highest BCUT2D eigenvalue weighted by Gasteiger charge is 2.27. The van der Waals surface area contributed by atoms with Gasteiger partial charge in [0.25, 0.3) is 0 Å². The third kappa shape index (κ3) is 4.00. The van der Waals surface area contributed by atoms with E-state index < -0.39 is 10.0 Å². The van der Waals surface area contributed by atoms with E-state index in [1.165, 1.54) is 6.20 Å². The lowest BCUT2D eigenvalue weighted by atomic mass is 10.4. The maximum absolute atomic E-state index is 12.6. The molecule has 112 valence electrons. The van der Waals surface area contributed by atoms with Crippen molar-refractivity contribution in [2.24, 2.45) is 0 Å². The molecule has 2 rings (SSSR count). The summed E-state index contributed by atoms with van der Waals surface area (Å²) in [7, 11) is -3.44. The van der Waals surface area contributed by atoms with Crippen LogP contribution in [0.1, 0.15) is 6.42 Å². The SMILES string of the molecule is O=S(=O)(c1cncc(Br)c1)N1CCCN(CCBr)CC1. The van der Waals surface area contributed by atoms with Crippen LogP contribution in [0.3, 0.4) is 0 Å². The lowest BCUT2D eigenvalue weighted by molar-refractivity contribution is 0.305. The first kappa shape index (κ1) is 16.4. The van der Waals surface area contributed by atoms with E-state index in [0.717, 1.165) is 31.4 Å². The Morgan fingerprint density at radius 3 is 2.70 bits per heavy atom. The lowest BCUT2D eigenvalue weighted by Gasteiger charge is -2.21. The van der Waals surface area contributed by atoms with Crippen LogP contribution >= 0.6 is 31.9 Å². The van der Waals surface area contributed by atoms with Gasteiger partial charge in [0, 0.05) is 48.4 Å². The molecule has 0 unspecified atom stereocenters. The monoisotopic (exact) mass is 425 g/mol. The third-order valence-corrected chi connectivity index (χ3v) is 5.92. The zero-order valence-corrected chi connectivity index (χ0v) is 15.0. The Bertz CT molecular complexity index is 553. The Morgan fingerprint density at radius 1 is 1.20 bits per heavy atom. The highest BCUT2D eigenvalue weighted by Crippen LogP contribution is 2.20. The molecule has 1 saturated heterocycles. The van der Waals surface area contributed by atoms with E-state index >= 15 is 0 Å². The molecule has 0 amide bonds. The molecule has 5 nitrogen and oxygen atoms in total. The predicted molar refractivity (Wildman–Crippen MR) is 85.5 cm³/mol. The van der Waals surface area contributed by atoms with Crippen LogP contribution in [-0.4, -0.2) is 60.7 Å². The van der Waals surface area contributed by atoms with Gasteiger partial charge in [-0.2, -0.15) is 4.31 Å². The number of sulfonamides is 1. The van der Waals surface area contributed by atoms with E-state index in [0.29, 0.717) is 17.6 Å². The van der Waals surface area contributed by atoms with E-state index in [1.807, 2.05) is 0 Å². The molecule has 8 heteroatoms. The summed E-state index contributed by atoms with van der Waals surface area (Å²) in [5.41, 5.74) is 0. The molecule has 1 aromatic rings. The second-order valence-electron chi connectivity index (χ2n) is 4.63. The normalized spacial score (nSPS) is 18.9. The number of pyridine rings is 1. The molecule has 20 heavy (non-hydrogen) atoms. The Balaban J connectivity index is 2.14. The molecule has 0 bridgehead atoms. The maximum atomic E-state index is 12.6. The molecule has 1 aliphatic rings. The number of nitrogens with zero attached hydrogens (tertiary/aromatic N) is 3. The van der Waals surface area contributed by atoms with Crippen LogP contribution < -0.4 is 0 Å². The summed E-state index contributed by atoms with van der Waals surface area (Å²) in [5, 5.41) is 0.912. The zero-order valence-electron chi connectivity index (χ0n) is 11.0. The second-order valence-corrected chi connectivity index (χ2v) is 8.27. The predicted octanol–water partition coefficient (Wildman–Crippen LogP) is 1.94. The van der Waals surface area contributed by atoms with Crippen molar-refractivity contribution < 1.29 is 8.42 Å².